The Kier molecular flexibility index (Phi) is 5.97. The molecule has 5 heteroatoms. The van der Waals surface area contributed by atoms with Crippen LogP contribution in [0.4, 0.5) is 5.82 Å². The standard InChI is InChI=1S/C12H17BrN2O2/c1-3-17-12(16)5-4-6-14-11-7-9(2)10(13)8-15-11/h7-8H,3-6H2,1-2H3,(H,14,15). The van der Waals surface area contributed by atoms with E-state index >= 15 is 0 Å². The summed E-state index contributed by atoms with van der Waals surface area (Å²) in [5.74, 6) is 0.684. The van der Waals surface area contributed by atoms with E-state index in [9.17, 15) is 4.79 Å². The fourth-order valence-corrected chi connectivity index (χ4v) is 1.54. The molecule has 0 aromatic carbocycles. The maximum Gasteiger partial charge on any atom is 0.305 e. The van der Waals surface area contributed by atoms with Gasteiger partial charge in [-0.25, -0.2) is 4.98 Å². The van der Waals surface area contributed by atoms with Gasteiger partial charge >= 0.3 is 5.97 Å². The highest BCUT2D eigenvalue weighted by atomic mass is 79.9. The predicted octanol–water partition coefficient (Wildman–Crippen LogP) is 2.91. The first-order chi connectivity index (χ1) is 8.13. The van der Waals surface area contributed by atoms with Gasteiger partial charge in [0.1, 0.15) is 5.82 Å². The van der Waals surface area contributed by atoms with Gasteiger partial charge in [0, 0.05) is 23.6 Å². The van der Waals surface area contributed by atoms with Crippen molar-refractivity contribution in [2.24, 2.45) is 0 Å². The molecule has 0 radical (unpaired) electrons. The van der Waals surface area contributed by atoms with E-state index in [1.54, 1.807) is 6.20 Å². The summed E-state index contributed by atoms with van der Waals surface area (Å²) < 4.78 is 5.84. The molecule has 1 aromatic rings. The van der Waals surface area contributed by atoms with E-state index in [1.807, 2.05) is 19.9 Å². The number of nitrogens with zero attached hydrogens (tertiary/aromatic N) is 1. The van der Waals surface area contributed by atoms with Gasteiger partial charge in [-0.1, -0.05) is 0 Å². The lowest BCUT2D eigenvalue weighted by molar-refractivity contribution is -0.143. The van der Waals surface area contributed by atoms with E-state index in [0.717, 1.165) is 22.3 Å². The summed E-state index contributed by atoms with van der Waals surface area (Å²) in [6.07, 6.45) is 2.95. The molecule has 4 nitrogen and oxygen atoms in total. The van der Waals surface area contributed by atoms with Gasteiger partial charge in [-0.2, -0.15) is 0 Å². The van der Waals surface area contributed by atoms with E-state index < -0.39 is 0 Å². The summed E-state index contributed by atoms with van der Waals surface area (Å²) >= 11 is 3.40. The van der Waals surface area contributed by atoms with Crippen LogP contribution in [0.5, 0.6) is 0 Å². The second-order valence-corrected chi connectivity index (χ2v) is 4.51. The van der Waals surface area contributed by atoms with Crippen LogP contribution >= 0.6 is 15.9 Å². The molecule has 1 rings (SSSR count). The molecule has 0 amide bonds. The number of ether oxygens (including phenoxy) is 1. The zero-order chi connectivity index (χ0) is 12.7. The average Bonchev–Trinajstić information content (AvgIpc) is 2.29. The van der Waals surface area contributed by atoms with Crippen LogP contribution in [0.1, 0.15) is 25.3 Å². The average molecular weight is 301 g/mol. The number of hydrogen-bond acceptors (Lipinski definition) is 4. The van der Waals surface area contributed by atoms with E-state index in [4.69, 9.17) is 4.74 Å². The number of rotatable bonds is 6. The van der Waals surface area contributed by atoms with Crippen molar-refractivity contribution in [1.29, 1.82) is 0 Å². The smallest absolute Gasteiger partial charge is 0.305 e. The molecule has 0 bridgehead atoms. The lowest BCUT2D eigenvalue weighted by Crippen LogP contribution is -2.08. The molecule has 1 heterocycles. The monoisotopic (exact) mass is 300 g/mol. The van der Waals surface area contributed by atoms with Gasteiger partial charge in [0.2, 0.25) is 0 Å². The number of anilines is 1. The van der Waals surface area contributed by atoms with Crippen LogP contribution in [0, 0.1) is 6.92 Å². The number of halogens is 1. The fraction of sp³-hybridized carbons (Fsp3) is 0.500. The van der Waals surface area contributed by atoms with Gasteiger partial charge in [-0.05, 0) is 47.8 Å². The second kappa shape index (κ2) is 7.27. The highest BCUT2D eigenvalue weighted by molar-refractivity contribution is 9.10. The summed E-state index contributed by atoms with van der Waals surface area (Å²) in [5.41, 5.74) is 1.13. The van der Waals surface area contributed by atoms with Crippen molar-refractivity contribution in [1.82, 2.24) is 4.98 Å². The first-order valence-corrected chi connectivity index (χ1v) is 6.44. The van der Waals surface area contributed by atoms with Crippen molar-refractivity contribution in [3.63, 3.8) is 0 Å². The summed E-state index contributed by atoms with van der Waals surface area (Å²) in [4.78, 5) is 15.3. The molecule has 0 saturated carbocycles. The summed E-state index contributed by atoms with van der Waals surface area (Å²) in [5, 5.41) is 3.17. The zero-order valence-electron chi connectivity index (χ0n) is 10.1. The number of hydrogen-bond donors (Lipinski definition) is 1. The van der Waals surface area contributed by atoms with E-state index in [1.165, 1.54) is 0 Å². The molecule has 0 atom stereocenters. The molecular weight excluding hydrogens is 284 g/mol. The molecule has 1 N–H and O–H groups in total. The molecule has 0 saturated heterocycles. The van der Waals surface area contributed by atoms with Crippen LogP contribution in [0.3, 0.4) is 0 Å². The molecule has 0 aliphatic heterocycles. The lowest BCUT2D eigenvalue weighted by atomic mass is 10.3. The zero-order valence-corrected chi connectivity index (χ0v) is 11.7. The van der Waals surface area contributed by atoms with Crippen LogP contribution in [0.2, 0.25) is 0 Å². The summed E-state index contributed by atoms with van der Waals surface area (Å²) in [6, 6.07) is 1.97. The number of aromatic nitrogens is 1. The largest absolute Gasteiger partial charge is 0.466 e. The van der Waals surface area contributed by atoms with Crippen molar-refractivity contribution < 1.29 is 9.53 Å². The summed E-state index contributed by atoms with van der Waals surface area (Å²) in [7, 11) is 0. The maximum absolute atomic E-state index is 11.1. The number of aryl methyl sites for hydroxylation is 1. The summed E-state index contributed by atoms with van der Waals surface area (Å²) in [6.45, 7) is 4.98. The number of pyridine rings is 1. The highest BCUT2D eigenvalue weighted by Gasteiger charge is 2.02. The molecule has 1 aromatic heterocycles. The molecular formula is C12H17BrN2O2. The highest BCUT2D eigenvalue weighted by Crippen LogP contribution is 2.17. The Hall–Kier alpha value is -1.10. The van der Waals surface area contributed by atoms with Crippen molar-refractivity contribution in [2.45, 2.75) is 26.7 Å². The Morgan fingerprint density at radius 3 is 3.00 bits per heavy atom. The molecule has 0 unspecified atom stereocenters. The van der Waals surface area contributed by atoms with E-state index in [0.29, 0.717) is 19.6 Å². The first-order valence-electron chi connectivity index (χ1n) is 5.65. The van der Waals surface area contributed by atoms with Crippen LogP contribution in [0.25, 0.3) is 0 Å². The third-order valence-corrected chi connectivity index (χ3v) is 3.05. The molecule has 94 valence electrons. The number of carbonyl (C=O) groups is 1. The number of esters is 1. The van der Waals surface area contributed by atoms with Crippen molar-refractivity contribution in [3.8, 4) is 0 Å². The number of nitrogens with one attached hydrogen (secondary N) is 1. The Labute approximate surface area is 110 Å². The van der Waals surface area contributed by atoms with Crippen molar-refractivity contribution in [3.05, 3.63) is 22.3 Å². The van der Waals surface area contributed by atoms with Crippen LogP contribution in [-0.2, 0) is 9.53 Å². The third-order valence-electron chi connectivity index (χ3n) is 2.22. The Morgan fingerprint density at radius 1 is 1.59 bits per heavy atom. The predicted molar refractivity (Wildman–Crippen MR) is 71.0 cm³/mol. The number of carbonyl (C=O) groups excluding carboxylic acids is 1. The van der Waals surface area contributed by atoms with Crippen LogP contribution < -0.4 is 5.32 Å². The molecule has 17 heavy (non-hydrogen) atoms. The van der Waals surface area contributed by atoms with Crippen molar-refractivity contribution >= 4 is 27.7 Å². The Morgan fingerprint density at radius 2 is 2.35 bits per heavy atom. The van der Waals surface area contributed by atoms with Crippen molar-refractivity contribution in [2.75, 3.05) is 18.5 Å². The minimum atomic E-state index is -0.144. The molecule has 0 spiro atoms. The van der Waals surface area contributed by atoms with Gasteiger partial charge in [0.05, 0.1) is 6.61 Å². The normalized spacial score (nSPS) is 10.1. The molecule has 0 fully saturated rings. The lowest BCUT2D eigenvalue weighted by Gasteiger charge is -2.06. The Balaban J connectivity index is 2.26. The SMILES string of the molecule is CCOC(=O)CCCNc1cc(C)c(Br)cn1. The fourth-order valence-electron chi connectivity index (χ4n) is 1.32. The first kappa shape index (κ1) is 14.0. The topological polar surface area (TPSA) is 51.2 Å². The van der Waals surface area contributed by atoms with E-state index in [-0.39, 0.29) is 5.97 Å². The van der Waals surface area contributed by atoms with Gasteiger partial charge in [0.15, 0.2) is 0 Å². The minimum Gasteiger partial charge on any atom is -0.466 e. The van der Waals surface area contributed by atoms with Gasteiger partial charge < -0.3 is 10.1 Å². The quantitative estimate of drug-likeness (QED) is 0.648. The van der Waals surface area contributed by atoms with Crippen LogP contribution in [-0.4, -0.2) is 24.1 Å². The molecule has 0 aliphatic carbocycles. The van der Waals surface area contributed by atoms with Gasteiger partial charge in [-0.3, -0.25) is 4.79 Å². The van der Waals surface area contributed by atoms with Gasteiger partial charge in [0.25, 0.3) is 0 Å². The second-order valence-electron chi connectivity index (χ2n) is 3.65. The van der Waals surface area contributed by atoms with Crippen LogP contribution in [0.15, 0.2) is 16.7 Å². The Bertz CT molecular complexity index is 383. The van der Waals surface area contributed by atoms with E-state index in [2.05, 4.69) is 26.2 Å². The molecule has 0 aliphatic rings. The third kappa shape index (κ3) is 5.17. The maximum atomic E-state index is 11.1. The minimum absolute atomic E-state index is 0.144. The van der Waals surface area contributed by atoms with Gasteiger partial charge in [-0.15, -0.1) is 0 Å².